The number of methoxy groups -OCH3 is 1. The Morgan fingerprint density at radius 1 is 1.32 bits per heavy atom. The summed E-state index contributed by atoms with van der Waals surface area (Å²) < 4.78 is 5.29. The average Bonchev–Trinajstić information content (AvgIpc) is 2.68. The van der Waals surface area contributed by atoms with Gasteiger partial charge in [0.2, 0.25) is 0 Å². The van der Waals surface area contributed by atoms with E-state index in [2.05, 4.69) is 22.1 Å². The molecule has 2 aromatic rings. The molecule has 1 amide bonds. The Balaban J connectivity index is 1.80. The third-order valence-electron chi connectivity index (χ3n) is 4.77. The molecule has 1 atom stereocenters. The van der Waals surface area contributed by atoms with Crippen molar-refractivity contribution in [1.82, 2.24) is 4.98 Å². The summed E-state index contributed by atoms with van der Waals surface area (Å²) in [6.45, 7) is 3.24. The number of carbonyl (C=O) groups is 1. The van der Waals surface area contributed by atoms with Crippen LogP contribution in [-0.2, 0) is 0 Å². The molecule has 5 heteroatoms. The molecule has 0 bridgehead atoms. The molecule has 5 nitrogen and oxygen atoms in total. The molecule has 132 valence electrons. The molecule has 25 heavy (non-hydrogen) atoms. The lowest BCUT2D eigenvalue weighted by Crippen LogP contribution is -2.39. The number of hydrogen-bond acceptors (Lipinski definition) is 4. The normalized spacial score (nSPS) is 17.2. The lowest BCUT2D eigenvalue weighted by molar-refractivity contribution is 0.102. The lowest BCUT2D eigenvalue weighted by Gasteiger charge is -2.37. The highest BCUT2D eigenvalue weighted by Gasteiger charge is 2.22. The van der Waals surface area contributed by atoms with E-state index in [1.807, 2.05) is 36.5 Å². The second-order valence-corrected chi connectivity index (χ2v) is 6.34. The first-order chi connectivity index (χ1) is 12.2. The Morgan fingerprint density at radius 3 is 2.96 bits per heavy atom. The van der Waals surface area contributed by atoms with Crippen LogP contribution in [0.2, 0.25) is 0 Å². The van der Waals surface area contributed by atoms with Gasteiger partial charge in [-0.15, -0.1) is 0 Å². The smallest absolute Gasteiger partial charge is 0.257 e. The zero-order chi connectivity index (χ0) is 17.6. The number of hydrogen-bond donors (Lipinski definition) is 1. The first kappa shape index (κ1) is 17.3. The number of anilines is 2. The third kappa shape index (κ3) is 3.92. The standard InChI is InChI=1S/C20H25N3O2/c1-3-16-8-6-7-11-23(16)17-12-15(13-21-14-17)20(24)22-18-9-4-5-10-19(18)25-2/h4-5,9-10,12-14,16H,3,6-8,11H2,1-2H3,(H,22,24). The fourth-order valence-electron chi connectivity index (χ4n) is 3.42. The van der Waals surface area contributed by atoms with E-state index in [9.17, 15) is 4.79 Å². The van der Waals surface area contributed by atoms with Gasteiger partial charge in [-0.1, -0.05) is 19.1 Å². The van der Waals surface area contributed by atoms with E-state index < -0.39 is 0 Å². The molecule has 1 fully saturated rings. The summed E-state index contributed by atoms with van der Waals surface area (Å²) in [5, 5.41) is 2.91. The summed E-state index contributed by atoms with van der Waals surface area (Å²) in [5.41, 5.74) is 2.24. The summed E-state index contributed by atoms with van der Waals surface area (Å²) in [7, 11) is 1.59. The second-order valence-electron chi connectivity index (χ2n) is 6.34. The van der Waals surface area contributed by atoms with E-state index in [1.54, 1.807) is 13.3 Å². The van der Waals surface area contributed by atoms with Crippen LogP contribution in [0.5, 0.6) is 5.75 Å². The van der Waals surface area contributed by atoms with Gasteiger partial charge in [0.15, 0.2) is 0 Å². The van der Waals surface area contributed by atoms with Gasteiger partial charge in [-0.3, -0.25) is 9.78 Å². The first-order valence-electron chi connectivity index (χ1n) is 8.89. The highest BCUT2D eigenvalue weighted by atomic mass is 16.5. The fourth-order valence-corrected chi connectivity index (χ4v) is 3.42. The molecule has 0 spiro atoms. The maximum atomic E-state index is 12.6. The van der Waals surface area contributed by atoms with E-state index in [0.29, 0.717) is 23.0 Å². The molecule has 3 rings (SSSR count). The number of piperidine rings is 1. The molecule has 1 aromatic carbocycles. The predicted molar refractivity (Wildman–Crippen MR) is 100 cm³/mol. The van der Waals surface area contributed by atoms with Crippen LogP contribution in [0.4, 0.5) is 11.4 Å². The highest BCUT2D eigenvalue weighted by Crippen LogP contribution is 2.27. The number of aromatic nitrogens is 1. The minimum Gasteiger partial charge on any atom is -0.495 e. The fraction of sp³-hybridized carbons (Fsp3) is 0.400. The van der Waals surface area contributed by atoms with Crippen LogP contribution >= 0.6 is 0 Å². The summed E-state index contributed by atoms with van der Waals surface area (Å²) >= 11 is 0. The van der Waals surface area contributed by atoms with Crippen molar-refractivity contribution in [2.75, 3.05) is 23.9 Å². The molecule has 1 N–H and O–H groups in total. The molecule has 0 saturated carbocycles. The van der Waals surface area contributed by atoms with Gasteiger partial charge in [-0.2, -0.15) is 0 Å². The van der Waals surface area contributed by atoms with Crippen LogP contribution in [0.15, 0.2) is 42.7 Å². The van der Waals surface area contributed by atoms with Crippen LogP contribution in [-0.4, -0.2) is 30.6 Å². The molecule has 0 radical (unpaired) electrons. The molecule has 1 aromatic heterocycles. The first-order valence-corrected chi connectivity index (χ1v) is 8.89. The van der Waals surface area contributed by atoms with Crippen molar-refractivity contribution in [3.8, 4) is 5.75 Å². The Morgan fingerprint density at radius 2 is 2.16 bits per heavy atom. The minimum atomic E-state index is -0.177. The Kier molecular flexibility index (Phi) is 5.53. The summed E-state index contributed by atoms with van der Waals surface area (Å²) in [5.74, 6) is 0.464. The zero-order valence-electron chi connectivity index (χ0n) is 14.9. The van der Waals surface area contributed by atoms with E-state index in [1.165, 1.54) is 19.3 Å². The van der Waals surface area contributed by atoms with Crippen LogP contribution in [0.25, 0.3) is 0 Å². The number of carbonyl (C=O) groups excluding carboxylic acids is 1. The molecule has 1 unspecified atom stereocenters. The lowest BCUT2D eigenvalue weighted by atomic mass is 9.99. The van der Waals surface area contributed by atoms with E-state index in [-0.39, 0.29) is 5.91 Å². The van der Waals surface area contributed by atoms with Crippen molar-refractivity contribution in [2.45, 2.75) is 38.6 Å². The Hall–Kier alpha value is -2.56. The van der Waals surface area contributed by atoms with Crippen molar-refractivity contribution in [3.05, 3.63) is 48.3 Å². The van der Waals surface area contributed by atoms with Crippen LogP contribution in [0.3, 0.4) is 0 Å². The molecular formula is C20H25N3O2. The average molecular weight is 339 g/mol. The largest absolute Gasteiger partial charge is 0.495 e. The SMILES string of the molecule is CCC1CCCCN1c1cncc(C(=O)Nc2ccccc2OC)c1. The number of ether oxygens (including phenoxy) is 1. The number of nitrogens with one attached hydrogen (secondary N) is 1. The van der Waals surface area contributed by atoms with Crippen molar-refractivity contribution in [2.24, 2.45) is 0 Å². The van der Waals surface area contributed by atoms with Crippen molar-refractivity contribution in [3.63, 3.8) is 0 Å². The van der Waals surface area contributed by atoms with Crippen molar-refractivity contribution < 1.29 is 9.53 Å². The Labute approximate surface area is 149 Å². The molecule has 1 saturated heterocycles. The van der Waals surface area contributed by atoms with Crippen LogP contribution < -0.4 is 15.0 Å². The number of pyridine rings is 1. The maximum Gasteiger partial charge on any atom is 0.257 e. The maximum absolute atomic E-state index is 12.6. The van der Waals surface area contributed by atoms with Gasteiger partial charge in [-0.05, 0) is 43.9 Å². The van der Waals surface area contributed by atoms with Gasteiger partial charge in [-0.25, -0.2) is 0 Å². The van der Waals surface area contributed by atoms with Gasteiger partial charge < -0.3 is 15.0 Å². The number of amides is 1. The number of nitrogens with zero attached hydrogens (tertiary/aromatic N) is 2. The predicted octanol–water partition coefficient (Wildman–Crippen LogP) is 4.11. The second kappa shape index (κ2) is 8.01. The topological polar surface area (TPSA) is 54.5 Å². The molecule has 0 aliphatic carbocycles. The number of benzene rings is 1. The van der Waals surface area contributed by atoms with Crippen LogP contribution in [0.1, 0.15) is 43.0 Å². The van der Waals surface area contributed by atoms with E-state index in [4.69, 9.17) is 4.74 Å². The van der Waals surface area contributed by atoms with Gasteiger partial charge >= 0.3 is 0 Å². The summed E-state index contributed by atoms with van der Waals surface area (Å²) in [6, 6.07) is 9.86. The van der Waals surface area contributed by atoms with Crippen LogP contribution in [0, 0.1) is 0 Å². The summed E-state index contributed by atoms with van der Waals surface area (Å²) in [6.07, 6.45) is 8.24. The van der Waals surface area contributed by atoms with Gasteiger partial charge in [0, 0.05) is 18.8 Å². The monoisotopic (exact) mass is 339 g/mol. The highest BCUT2D eigenvalue weighted by molar-refractivity contribution is 6.05. The minimum absolute atomic E-state index is 0.177. The van der Waals surface area contributed by atoms with E-state index in [0.717, 1.165) is 18.7 Å². The number of para-hydroxylation sites is 2. The third-order valence-corrected chi connectivity index (χ3v) is 4.77. The molecule has 1 aliphatic rings. The van der Waals surface area contributed by atoms with Crippen molar-refractivity contribution >= 4 is 17.3 Å². The van der Waals surface area contributed by atoms with Gasteiger partial charge in [0.1, 0.15) is 5.75 Å². The molecular weight excluding hydrogens is 314 g/mol. The summed E-state index contributed by atoms with van der Waals surface area (Å²) in [4.78, 5) is 19.3. The zero-order valence-corrected chi connectivity index (χ0v) is 14.9. The molecule has 2 heterocycles. The van der Waals surface area contributed by atoms with Gasteiger partial charge in [0.05, 0.1) is 30.2 Å². The van der Waals surface area contributed by atoms with Gasteiger partial charge in [0.25, 0.3) is 5.91 Å². The van der Waals surface area contributed by atoms with E-state index >= 15 is 0 Å². The Bertz CT molecular complexity index is 732. The van der Waals surface area contributed by atoms with Crippen molar-refractivity contribution in [1.29, 1.82) is 0 Å². The molecule has 1 aliphatic heterocycles. The number of rotatable bonds is 5. The quantitative estimate of drug-likeness (QED) is 0.890.